The molecule has 0 heterocycles. The van der Waals surface area contributed by atoms with Gasteiger partial charge >= 0.3 is 34.5 Å². The monoisotopic (exact) mass is 249 g/mol. The van der Waals surface area contributed by atoms with Crippen molar-refractivity contribution >= 4 is 34.5 Å². The van der Waals surface area contributed by atoms with Crippen molar-refractivity contribution in [2.24, 2.45) is 0 Å². The van der Waals surface area contributed by atoms with Crippen molar-refractivity contribution in [3.05, 3.63) is 0 Å². The molecule has 0 saturated carbocycles. The van der Waals surface area contributed by atoms with Gasteiger partial charge in [0.2, 0.25) is 0 Å². The molecule has 4 N–H and O–H groups in total. The zero-order chi connectivity index (χ0) is 7.71. The van der Waals surface area contributed by atoms with Crippen molar-refractivity contribution in [1.82, 2.24) is 0 Å². The van der Waals surface area contributed by atoms with Gasteiger partial charge in [0.15, 0.2) is 0 Å². The molecule has 0 aliphatic carbocycles. The van der Waals surface area contributed by atoms with Crippen LogP contribution in [0.5, 0.6) is 0 Å². The summed E-state index contributed by atoms with van der Waals surface area (Å²) in [6.07, 6.45) is 0. The summed E-state index contributed by atoms with van der Waals surface area (Å²) in [6.45, 7) is 0. The van der Waals surface area contributed by atoms with Gasteiger partial charge in [-0.1, -0.05) is 0 Å². The Hall–Kier alpha value is 1.38. The molecule has 11 heteroatoms. The molecule has 0 aromatic carbocycles. The fourth-order valence-corrected chi connectivity index (χ4v) is 1.25. The Bertz CT molecular complexity index is 157. The molecule has 0 spiro atoms. The molecule has 0 bridgehead atoms. The predicted octanol–water partition coefficient (Wildman–Crippen LogP) is -1.46. The molecule has 0 rings (SSSR count). The molecule has 0 fully saturated rings. The minimum absolute atomic E-state index is 0. The molecular formula is H5CuLiO7P2. The summed E-state index contributed by atoms with van der Waals surface area (Å²) in [6, 6.07) is 0. The van der Waals surface area contributed by atoms with Gasteiger partial charge in [0.1, 0.15) is 0 Å². The molecule has 0 amide bonds. The van der Waals surface area contributed by atoms with Crippen LogP contribution >= 0.6 is 15.6 Å². The number of phosphoric acid groups is 2. The van der Waals surface area contributed by atoms with Crippen molar-refractivity contribution in [3.63, 3.8) is 0 Å². The van der Waals surface area contributed by atoms with E-state index in [4.69, 9.17) is 19.6 Å². The van der Waals surface area contributed by atoms with Gasteiger partial charge in [-0.3, -0.25) is 0 Å². The van der Waals surface area contributed by atoms with Crippen LogP contribution in [0.4, 0.5) is 0 Å². The van der Waals surface area contributed by atoms with E-state index < -0.39 is 15.6 Å². The molecule has 0 aliphatic heterocycles. The first-order chi connectivity index (χ1) is 3.71. The summed E-state index contributed by atoms with van der Waals surface area (Å²) in [5.74, 6) is 0. The first-order valence-corrected chi connectivity index (χ1v) is 4.59. The van der Waals surface area contributed by atoms with E-state index in [2.05, 4.69) is 4.31 Å². The predicted molar refractivity (Wildman–Crippen MR) is 32.3 cm³/mol. The van der Waals surface area contributed by atoms with E-state index in [0.29, 0.717) is 0 Å². The van der Waals surface area contributed by atoms with Crippen LogP contribution in [0.15, 0.2) is 0 Å². The summed E-state index contributed by atoms with van der Waals surface area (Å²) in [4.78, 5) is 31.0. The molecule has 11 heavy (non-hydrogen) atoms. The van der Waals surface area contributed by atoms with E-state index in [0.717, 1.165) is 0 Å². The summed E-state index contributed by atoms with van der Waals surface area (Å²) >= 11 is 0. The fourth-order valence-electron chi connectivity index (χ4n) is 0.139. The van der Waals surface area contributed by atoms with Gasteiger partial charge in [-0.05, 0) is 0 Å². The standard InChI is InChI=1S/Cu.Li.H4O7P2.H/c;;1-8(2,3)7-9(4,5)6;/h;;(H2,1,2,3)(H2,4,5,6);. The van der Waals surface area contributed by atoms with Gasteiger partial charge in [-0.2, -0.15) is 4.31 Å². The average Bonchev–Trinajstić information content (AvgIpc) is 1.14. The molecule has 7 nitrogen and oxygen atoms in total. The normalized spacial score (nSPS) is 11.3. The van der Waals surface area contributed by atoms with E-state index >= 15 is 0 Å². The fraction of sp³-hybridized carbons (Fsp3) is 0. The van der Waals surface area contributed by atoms with Crippen molar-refractivity contribution in [1.29, 1.82) is 0 Å². The molecular weight excluding hydrogens is 244 g/mol. The van der Waals surface area contributed by atoms with Crippen LogP contribution in [0.2, 0.25) is 0 Å². The molecule has 69 valence electrons. The van der Waals surface area contributed by atoms with Crippen LogP contribution in [0.1, 0.15) is 0 Å². The first-order valence-electron chi connectivity index (χ1n) is 1.53. The SMILES string of the molecule is O=P(O)(O)OP(=O)(O)O.[Cu].[LiH]. The second-order valence-electron chi connectivity index (χ2n) is 1.06. The minimum atomic E-state index is -5.05. The zero-order valence-electron chi connectivity index (χ0n) is 4.21. The maximum absolute atomic E-state index is 9.63. The van der Waals surface area contributed by atoms with Gasteiger partial charge in [-0.15, -0.1) is 0 Å². The summed E-state index contributed by atoms with van der Waals surface area (Å²) in [7, 11) is -10.1. The van der Waals surface area contributed by atoms with Crippen LogP contribution < -0.4 is 0 Å². The van der Waals surface area contributed by atoms with Crippen molar-refractivity contribution in [3.8, 4) is 0 Å². The first kappa shape index (κ1) is 18.2. The second-order valence-corrected chi connectivity index (χ2v) is 3.68. The van der Waals surface area contributed by atoms with Gasteiger partial charge in [0, 0.05) is 17.1 Å². The van der Waals surface area contributed by atoms with Crippen LogP contribution in [0, 0.1) is 0 Å². The summed E-state index contributed by atoms with van der Waals surface area (Å²) in [5, 5.41) is 0. The van der Waals surface area contributed by atoms with Gasteiger partial charge in [0.05, 0.1) is 0 Å². The maximum atomic E-state index is 9.63. The molecule has 0 aliphatic rings. The Kier molecular flexibility index (Phi) is 9.82. The molecule has 0 saturated heterocycles. The Balaban J connectivity index is -0.000000320. The van der Waals surface area contributed by atoms with Crippen molar-refractivity contribution in [2.45, 2.75) is 0 Å². The average molecular weight is 249 g/mol. The molecule has 0 aromatic rings. The van der Waals surface area contributed by atoms with E-state index in [1.165, 1.54) is 0 Å². The van der Waals surface area contributed by atoms with E-state index in [9.17, 15) is 9.13 Å². The van der Waals surface area contributed by atoms with Crippen molar-refractivity contribution < 1.29 is 50.1 Å². The Labute approximate surface area is 84.7 Å². The number of rotatable bonds is 2. The third kappa shape index (κ3) is 18.4. The number of hydrogen-bond acceptors (Lipinski definition) is 3. The Morgan fingerprint density at radius 3 is 1.09 bits per heavy atom. The zero-order valence-corrected chi connectivity index (χ0v) is 6.94. The van der Waals surface area contributed by atoms with Gasteiger partial charge < -0.3 is 19.6 Å². The van der Waals surface area contributed by atoms with Crippen LogP contribution in [-0.2, 0) is 30.5 Å². The Morgan fingerprint density at radius 1 is 0.909 bits per heavy atom. The van der Waals surface area contributed by atoms with Gasteiger partial charge in [-0.25, -0.2) is 9.13 Å². The topological polar surface area (TPSA) is 124 Å². The van der Waals surface area contributed by atoms with Crippen LogP contribution in [-0.4, -0.2) is 38.4 Å². The molecule has 0 atom stereocenters. The summed E-state index contributed by atoms with van der Waals surface area (Å²) < 4.78 is 22.2. The third-order valence-electron chi connectivity index (χ3n) is 0.213. The number of hydrogen-bond donors (Lipinski definition) is 4. The third-order valence-corrected chi connectivity index (χ3v) is 1.91. The molecule has 1 radical (unpaired) electrons. The quantitative estimate of drug-likeness (QED) is 0.348. The summed E-state index contributed by atoms with van der Waals surface area (Å²) in [5.41, 5.74) is 0. The molecule has 0 aromatic heterocycles. The van der Waals surface area contributed by atoms with Crippen LogP contribution in [0.3, 0.4) is 0 Å². The van der Waals surface area contributed by atoms with E-state index in [1.54, 1.807) is 0 Å². The molecule has 0 unspecified atom stereocenters. The Morgan fingerprint density at radius 2 is 1.09 bits per heavy atom. The van der Waals surface area contributed by atoms with E-state index in [1.807, 2.05) is 0 Å². The van der Waals surface area contributed by atoms with Crippen LogP contribution in [0.25, 0.3) is 0 Å². The van der Waals surface area contributed by atoms with Gasteiger partial charge in [0.25, 0.3) is 0 Å². The van der Waals surface area contributed by atoms with Crippen molar-refractivity contribution in [2.75, 3.05) is 0 Å². The van der Waals surface area contributed by atoms with E-state index in [-0.39, 0.29) is 35.9 Å². The second kappa shape index (κ2) is 5.93.